The van der Waals surface area contributed by atoms with Crippen LogP contribution in [0.1, 0.15) is 23.7 Å². The number of carbonyl (C=O) groups excluding carboxylic acids is 1. The maximum atomic E-state index is 12.8. The second-order valence-electron chi connectivity index (χ2n) is 6.72. The number of amides is 1. The molecule has 0 unspecified atom stereocenters. The molecule has 1 aromatic heterocycles. The van der Waals surface area contributed by atoms with E-state index in [-0.39, 0.29) is 5.69 Å². The third kappa shape index (κ3) is 7.21. The number of thiazole rings is 1. The summed E-state index contributed by atoms with van der Waals surface area (Å²) < 4.78 is 49.6. The number of nitrogens with zero attached hydrogens (tertiary/aromatic N) is 2. The molecule has 1 amide bonds. The van der Waals surface area contributed by atoms with Crippen LogP contribution in [0.25, 0.3) is 0 Å². The van der Waals surface area contributed by atoms with Gasteiger partial charge < -0.3 is 14.8 Å². The lowest BCUT2D eigenvalue weighted by Crippen LogP contribution is -2.20. The van der Waals surface area contributed by atoms with Gasteiger partial charge in [-0.1, -0.05) is 6.07 Å². The fraction of sp³-hybridized carbons (Fsp3) is 0.227. The normalized spacial score (nSPS) is 11.4. The number of hydrazone groups is 1. The molecule has 0 spiro atoms. The van der Waals surface area contributed by atoms with Gasteiger partial charge in [-0.05, 0) is 55.8 Å². The van der Waals surface area contributed by atoms with Crippen molar-refractivity contribution in [2.24, 2.45) is 5.10 Å². The number of aryl methyl sites for hydroxylation is 1. The number of ether oxygens (including phenoxy) is 2. The van der Waals surface area contributed by atoms with Crippen molar-refractivity contribution in [3.63, 3.8) is 0 Å². The van der Waals surface area contributed by atoms with E-state index in [0.717, 1.165) is 23.4 Å². The molecule has 0 aliphatic rings. The minimum absolute atomic E-state index is 0.0259. The Morgan fingerprint density at radius 1 is 1.18 bits per heavy atom. The summed E-state index contributed by atoms with van der Waals surface area (Å²) in [7, 11) is 0. The van der Waals surface area contributed by atoms with Gasteiger partial charge in [-0.3, -0.25) is 10.2 Å². The molecule has 0 bridgehead atoms. The molecule has 33 heavy (non-hydrogen) atoms. The Hall–Kier alpha value is -3.60. The lowest BCUT2D eigenvalue weighted by molar-refractivity contribution is -0.137. The van der Waals surface area contributed by atoms with E-state index < -0.39 is 24.3 Å². The average molecular weight is 478 g/mol. The number of halogens is 3. The first kappa shape index (κ1) is 24.1. The molecule has 7 nitrogen and oxygen atoms in total. The number of hydrogen-bond acceptors (Lipinski definition) is 7. The highest BCUT2D eigenvalue weighted by molar-refractivity contribution is 7.13. The first-order valence-corrected chi connectivity index (χ1v) is 10.7. The van der Waals surface area contributed by atoms with Crippen LogP contribution in [0.5, 0.6) is 11.5 Å². The van der Waals surface area contributed by atoms with Gasteiger partial charge in [-0.2, -0.15) is 18.3 Å². The van der Waals surface area contributed by atoms with Crippen molar-refractivity contribution < 1.29 is 27.4 Å². The lowest BCUT2D eigenvalue weighted by Gasteiger charge is -2.13. The number of alkyl halides is 3. The lowest BCUT2D eigenvalue weighted by atomic mass is 10.2. The molecular formula is C22H21F3N4O3S. The fourth-order valence-corrected chi connectivity index (χ4v) is 3.31. The maximum Gasteiger partial charge on any atom is 0.416 e. The molecule has 2 N–H and O–H groups in total. The summed E-state index contributed by atoms with van der Waals surface area (Å²) in [4.78, 5) is 16.4. The Morgan fingerprint density at radius 3 is 2.70 bits per heavy atom. The number of benzene rings is 2. The maximum absolute atomic E-state index is 12.8. The summed E-state index contributed by atoms with van der Waals surface area (Å²) >= 11 is 1.44. The van der Waals surface area contributed by atoms with Crippen LogP contribution in [0.3, 0.4) is 0 Å². The Kier molecular flexibility index (Phi) is 7.88. The fourth-order valence-electron chi connectivity index (χ4n) is 2.67. The molecule has 0 atom stereocenters. The molecular weight excluding hydrogens is 457 g/mol. The van der Waals surface area contributed by atoms with Gasteiger partial charge in [0.25, 0.3) is 5.91 Å². The molecule has 3 aromatic rings. The van der Waals surface area contributed by atoms with Crippen molar-refractivity contribution >= 4 is 34.3 Å². The smallest absolute Gasteiger partial charge is 0.416 e. The van der Waals surface area contributed by atoms with Gasteiger partial charge in [-0.15, -0.1) is 11.3 Å². The van der Waals surface area contributed by atoms with E-state index in [9.17, 15) is 18.0 Å². The van der Waals surface area contributed by atoms with Crippen LogP contribution in [0, 0.1) is 6.92 Å². The van der Waals surface area contributed by atoms with Crippen LogP contribution < -0.4 is 20.2 Å². The molecule has 1 heterocycles. The van der Waals surface area contributed by atoms with Crippen LogP contribution in [0.2, 0.25) is 0 Å². The highest BCUT2D eigenvalue weighted by Gasteiger charge is 2.30. The predicted octanol–water partition coefficient (Wildman–Crippen LogP) is 5.33. The molecule has 0 saturated carbocycles. The molecule has 0 radical (unpaired) electrons. The van der Waals surface area contributed by atoms with Crippen LogP contribution in [-0.2, 0) is 11.0 Å². The molecule has 0 aliphatic heterocycles. The largest absolute Gasteiger partial charge is 0.490 e. The van der Waals surface area contributed by atoms with Crippen LogP contribution >= 0.6 is 11.3 Å². The average Bonchev–Trinajstić information content (AvgIpc) is 3.18. The summed E-state index contributed by atoms with van der Waals surface area (Å²) in [6, 6.07) is 9.42. The third-order valence-corrected chi connectivity index (χ3v) is 4.96. The van der Waals surface area contributed by atoms with Crippen LogP contribution in [0.4, 0.5) is 24.0 Å². The molecule has 2 aromatic carbocycles. The molecule has 0 saturated heterocycles. The summed E-state index contributed by atoms with van der Waals surface area (Å²) in [5.41, 5.74) is 3.63. The first-order valence-electron chi connectivity index (χ1n) is 9.82. The van der Waals surface area contributed by atoms with Crippen LogP contribution in [0.15, 0.2) is 52.9 Å². The van der Waals surface area contributed by atoms with E-state index in [1.807, 2.05) is 12.3 Å². The van der Waals surface area contributed by atoms with E-state index in [1.165, 1.54) is 23.5 Å². The Morgan fingerprint density at radius 2 is 2.00 bits per heavy atom. The highest BCUT2D eigenvalue weighted by atomic mass is 32.1. The zero-order valence-electron chi connectivity index (χ0n) is 17.8. The van der Waals surface area contributed by atoms with Gasteiger partial charge >= 0.3 is 6.18 Å². The van der Waals surface area contributed by atoms with Gasteiger partial charge in [0.1, 0.15) is 0 Å². The molecule has 0 fully saturated rings. The number of carbonyl (C=O) groups is 1. The number of hydrogen-bond donors (Lipinski definition) is 2. The zero-order chi connectivity index (χ0) is 23.8. The standard InChI is InChI=1S/C22H21F3N4O3S/c1-3-31-19-9-15(11-26-29-21-27-14(2)13-33-21)7-8-18(19)32-12-20(30)28-17-6-4-5-16(10-17)22(23,24)25/h4-11,13H,3,12H2,1-2H3,(H,27,29)(H,28,30). The Bertz CT molecular complexity index is 1130. The van der Waals surface area contributed by atoms with Crippen molar-refractivity contribution in [1.82, 2.24) is 4.98 Å². The summed E-state index contributed by atoms with van der Waals surface area (Å²) in [6.07, 6.45) is -2.91. The van der Waals surface area contributed by atoms with Crippen molar-refractivity contribution in [2.45, 2.75) is 20.0 Å². The highest BCUT2D eigenvalue weighted by Crippen LogP contribution is 2.31. The Balaban J connectivity index is 1.61. The number of nitrogens with one attached hydrogen (secondary N) is 2. The zero-order valence-corrected chi connectivity index (χ0v) is 18.6. The SMILES string of the molecule is CCOc1cc(C=NNc2nc(C)cs2)ccc1OCC(=O)Nc1cccc(C(F)(F)F)c1. The molecule has 11 heteroatoms. The summed E-state index contributed by atoms with van der Waals surface area (Å²) in [5.74, 6) is 0.112. The number of anilines is 2. The van der Waals surface area contributed by atoms with E-state index >= 15 is 0 Å². The monoisotopic (exact) mass is 478 g/mol. The summed E-state index contributed by atoms with van der Waals surface area (Å²) in [5, 5.41) is 9.10. The van der Waals surface area contributed by atoms with Crippen LogP contribution in [-0.4, -0.2) is 30.3 Å². The number of rotatable bonds is 9. The minimum atomic E-state index is -4.50. The third-order valence-electron chi connectivity index (χ3n) is 4.09. The van der Waals surface area contributed by atoms with Gasteiger partial charge in [0, 0.05) is 11.1 Å². The summed E-state index contributed by atoms with van der Waals surface area (Å²) in [6.45, 7) is 3.65. The molecule has 0 aliphatic carbocycles. The van der Waals surface area contributed by atoms with Gasteiger partial charge in [0.05, 0.1) is 24.1 Å². The quantitative estimate of drug-likeness (QED) is 0.321. The molecule has 3 rings (SSSR count). The second-order valence-corrected chi connectivity index (χ2v) is 7.58. The van der Waals surface area contributed by atoms with E-state index in [1.54, 1.807) is 31.3 Å². The van der Waals surface area contributed by atoms with E-state index in [0.29, 0.717) is 23.2 Å². The first-order chi connectivity index (χ1) is 15.7. The van der Waals surface area contributed by atoms with Crippen molar-refractivity contribution in [3.05, 3.63) is 64.7 Å². The van der Waals surface area contributed by atoms with Crippen molar-refractivity contribution in [1.29, 1.82) is 0 Å². The van der Waals surface area contributed by atoms with E-state index in [2.05, 4.69) is 20.8 Å². The van der Waals surface area contributed by atoms with E-state index in [4.69, 9.17) is 9.47 Å². The van der Waals surface area contributed by atoms with Gasteiger partial charge in [0.15, 0.2) is 18.1 Å². The van der Waals surface area contributed by atoms with Crippen molar-refractivity contribution in [3.8, 4) is 11.5 Å². The minimum Gasteiger partial charge on any atom is -0.490 e. The number of aromatic nitrogens is 1. The topological polar surface area (TPSA) is 84.8 Å². The van der Waals surface area contributed by atoms with Crippen molar-refractivity contribution in [2.75, 3.05) is 24.0 Å². The van der Waals surface area contributed by atoms with Gasteiger partial charge in [-0.25, -0.2) is 4.98 Å². The molecule has 174 valence electrons. The second kappa shape index (κ2) is 10.8. The Labute approximate surface area is 192 Å². The van der Waals surface area contributed by atoms with Gasteiger partial charge in [0.2, 0.25) is 5.13 Å². The predicted molar refractivity (Wildman–Crippen MR) is 121 cm³/mol.